The third kappa shape index (κ3) is 8.91. The number of hydrogen-bond donors (Lipinski definition) is 4. The summed E-state index contributed by atoms with van der Waals surface area (Å²) in [5.74, 6) is -1.26. The molecule has 14 heteroatoms. The molecule has 14 nitrogen and oxygen atoms in total. The lowest BCUT2D eigenvalue weighted by Crippen LogP contribution is -2.57. The van der Waals surface area contributed by atoms with Gasteiger partial charge >= 0.3 is 11.9 Å². The van der Waals surface area contributed by atoms with E-state index in [0.29, 0.717) is 39.3 Å². The van der Waals surface area contributed by atoms with Crippen LogP contribution in [-0.4, -0.2) is 137 Å². The zero-order chi connectivity index (χ0) is 30.1. The number of pyridine rings is 1. The molecule has 2 saturated heterocycles. The molecular weight excluding hydrogens is 548 g/mol. The summed E-state index contributed by atoms with van der Waals surface area (Å²) in [7, 11) is 1.89. The molecule has 6 unspecified atom stereocenters. The van der Waals surface area contributed by atoms with Gasteiger partial charge in [0.1, 0.15) is 24.3 Å². The van der Waals surface area contributed by atoms with Crippen molar-refractivity contribution in [3.63, 3.8) is 0 Å². The second-order valence-electron chi connectivity index (χ2n) is 11.1. The van der Waals surface area contributed by atoms with Crippen LogP contribution in [0.3, 0.4) is 0 Å². The van der Waals surface area contributed by atoms with Gasteiger partial charge in [-0.1, -0.05) is 6.07 Å². The lowest BCUT2D eigenvalue weighted by molar-refractivity contribution is -0.171. The van der Waals surface area contributed by atoms with Gasteiger partial charge in [-0.3, -0.25) is 38.9 Å². The number of fused-ring (bicyclic) bond motifs is 6. The number of nitrogens with zero attached hydrogens (tertiary/aromatic N) is 4. The van der Waals surface area contributed by atoms with Crippen molar-refractivity contribution in [1.82, 2.24) is 30.3 Å². The van der Waals surface area contributed by atoms with Gasteiger partial charge in [0.2, 0.25) is 11.8 Å². The molecule has 4 N–H and O–H groups in total. The highest BCUT2D eigenvalue weighted by Crippen LogP contribution is 2.24. The van der Waals surface area contributed by atoms with Crippen LogP contribution in [0, 0.1) is 0 Å². The third-order valence-electron chi connectivity index (χ3n) is 7.65. The van der Waals surface area contributed by atoms with E-state index in [1.807, 2.05) is 39.9 Å². The molecule has 0 saturated carbocycles. The molecule has 4 heterocycles. The van der Waals surface area contributed by atoms with Crippen LogP contribution in [0.4, 0.5) is 0 Å². The van der Waals surface area contributed by atoms with Crippen molar-refractivity contribution in [2.75, 3.05) is 59.5 Å². The molecule has 3 aliphatic heterocycles. The van der Waals surface area contributed by atoms with Gasteiger partial charge in [0.05, 0.1) is 24.6 Å². The maximum absolute atomic E-state index is 13.1. The molecule has 4 rings (SSSR count). The van der Waals surface area contributed by atoms with Crippen LogP contribution in [0.15, 0.2) is 18.2 Å². The molecule has 0 aromatic carbocycles. The number of rotatable bonds is 10. The summed E-state index contributed by atoms with van der Waals surface area (Å²) in [5, 5.41) is 23.2. The number of amides is 2. The molecule has 2 amide bonds. The summed E-state index contributed by atoms with van der Waals surface area (Å²) >= 11 is 0. The van der Waals surface area contributed by atoms with Crippen molar-refractivity contribution in [3.05, 3.63) is 29.6 Å². The molecule has 0 aliphatic carbocycles. The minimum absolute atomic E-state index is 0.121. The highest BCUT2D eigenvalue weighted by Gasteiger charge is 2.40. The van der Waals surface area contributed by atoms with Crippen molar-refractivity contribution < 1.29 is 38.9 Å². The zero-order valence-electron chi connectivity index (χ0n) is 24.1. The smallest absolute Gasteiger partial charge is 0.323 e. The van der Waals surface area contributed by atoms with Crippen LogP contribution in [-0.2, 0) is 41.7 Å². The standard InChI is InChI=1S/C28H42N6O8/c1-32-15-21-17-33(23(27(39)41-21)5-7-25(37)29-9-11-35)13-19-3-2-4-20(31-19)14-34-18-22(16-32)42-28(40)24(34)6-8-26(38)30-10-12-36/h2-4,21-24,35-36H,5-18H2,1H3,(H,29,37)(H,30,38). The summed E-state index contributed by atoms with van der Waals surface area (Å²) in [6.45, 7) is 2.56. The molecule has 6 atom stereocenters. The first kappa shape index (κ1) is 31.8. The Bertz CT molecular complexity index is 1030. The van der Waals surface area contributed by atoms with Gasteiger partial charge in [0.25, 0.3) is 0 Å². The Labute approximate surface area is 245 Å². The van der Waals surface area contributed by atoms with E-state index in [9.17, 15) is 19.2 Å². The fraction of sp³-hybridized carbons (Fsp3) is 0.679. The van der Waals surface area contributed by atoms with E-state index in [2.05, 4.69) is 10.6 Å². The zero-order valence-corrected chi connectivity index (χ0v) is 24.1. The second kappa shape index (κ2) is 15.3. The maximum atomic E-state index is 13.1. The number of hydrogen-bond acceptors (Lipinski definition) is 12. The van der Waals surface area contributed by atoms with Crippen molar-refractivity contribution in [2.24, 2.45) is 0 Å². The van der Waals surface area contributed by atoms with Crippen molar-refractivity contribution in [2.45, 2.75) is 63.1 Å². The molecule has 232 valence electrons. The fourth-order valence-electron chi connectivity index (χ4n) is 5.77. The number of aliphatic hydroxyl groups excluding tert-OH is 2. The van der Waals surface area contributed by atoms with Gasteiger partial charge in [0, 0.05) is 65.2 Å². The number of ether oxygens (including phenoxy) is 2. The summed E-state index contributed by atoms with van der Waals surface area (Å²) < 4.78 is 11.6. The second-order valence-corrected chi connectivity index (χ2v) is 11.1. The Morgan fingerprint density at radius 2 is 1.29 bits per heavy atom. The Balaban J connectivity index is 1.53. The van der Waals surface area contributed by atoms with E-state index in [4.69, 9.17) is 24.7 Å². The SMILES string of the molecule is CN1CC2CN(Cc3cccc(n3)CN3CC(C1)OC(=O)C3CCC(=O)NCCO)C(CCC(=O)NCCO)C(=O)O2. The highest BCUT2D eigenvalue weighted by molar-refractivity contribution is 5.80. The van der Waals surface area contributed by atoms with Gasteiger partial charge in [-0.15, -0.1) is 0 Å². The number of morpholine rings is 2. The first-order valence-corrected chi connectivity index (χ1v) is 14.5. The van der Waals surface area contributed by atoms with Crippen molar-refractivity contribution in [3.8, 4) is 0 Å². The van der Waals surface area contributed by atoms with Gasteiger partial charge in [-0.05, 0) is 32.0 Å². The summed E-state index contributed by atoms with van der Waals surface area (Å²) in [4.78, 5) is 61.5. The van der Waals surface area contributed by atoms with Crippen LogP contribution in [0.5, 0.6) is 0 Å². The molecule has 0 spiro atoms. The number of nitrogens with one attached hydrogen (secondary N) is 2. The van der Waals surface area contributed by atoms with Crippen molar-refractivity contribution in [1.29, 1.82) is 0 Å². The molecule has 0 radical (unpaired) electrons. The summed E-state index contributed by atoms with van der Waals surface area (Å²) in [6.07, 6.45) is -0.0525. The topological polar surface area (TPSA) is 174 Å². The number of esters is 2. The Morgan fingerprint density at radius 1 is 0.833 bits per heavy atom. The number of carbonyl (C=O) groups excluding carboxylic acids is 4. The van der Waals surface area contributed by atoms with Crippen LogP contribution in [0.1, 0.15) is 37.1 Å². The lowest BCUT2D eigenvalue weighted by Gasteiger charge is -2.42. The highest BCUT2D eigenvalue weighted by atomic mass is 16.6. The van der Waals surface area contributed by atoms with E-state index >= 15 is 0 Å². The minimum Gasteiger partial charge on any atom is -0.458 e. The molecule has 2 fully saturated rings. The van der Waals surface area contributed by atoms with E-state index in [0.717, 1.165) is 11.4 Å². The molecule has 3 aliphatic rings. The lowest BCUT2D eigenvalue weighted by atomic mass is 10.0. The molecule has 1 aromatic heterocycles. The first-order valence-electron chi connectivity index (χ1n) is 14.5. The summed E-state index contributed by atoms with van der Waals surface area (Å²) in [6, 6.07) is 4.44. The average molecular weight is 591 g/mol. The first-order chi connectivity index (χ1) is 20.2. The average Bonchev–Trinajstić information content (AvgIpc) is 2.93. The van der Waals surface area contributed by atoms with Gasteiger partial charge in [-0.2, -0.15) is 0 Å². The van der Waals surface area contributed by atoms with Crippen LogP contribution in [0.25, 0.3) is 0 Å². The van der Waals surface area contributed by atoms with Crippen LogP contribution in [0.2, 0.25) is 0 Å². The Hall–Kier alpha value is -3.17. The maximum Gasteiger partial charge on any atom is 0.323 e. The van der Waals surface area contributed by atoms with E-state index in [-0.39, 0.29) is 75.7 Å². The quantitative estimate of drug-likeness (QED) is 0.221. The fourth-order valence-corrected chi connectivity index (χ4v) is 5.77. The number of aromatic nitrogens is 1. The molecular formula is C28H42N6O8. The predicted octanol–water partition coefficient (Wildman–Crippen LogP) is -2.00. The largest absolute Gasteiger partial charge is 0.458 e. The normalized spacial score (nSPS) is 28.2. The Morgan fingerprint density at radius 3 is 1.71 bits per heavy atom. The predicted molar refractivity (Wildman–Crippen MR) is 149 cm³/mol. The monoisotopic (exact) mass is 590 g/mol. The van der Waals surface area contributed by atoms with Gasteiger partial charge in [0.15, 0.2) is 0 Å². The number of carbonyl (C=O) groups is 4. The van der Waals surface area contributed by atoms with E-state index < -0.39 is 24.3 Å². The number of likely N-dealkylation sites (N-methyl/N-ethyl adjacent to an activating group) is 1. The molecule has 42 heavy (non-hydrogen) atoms. The van der Waals surface area contributed by atoms with Crippen LogP contribution >= 0.6 is 0 Å². The molecule has 6 bridgehead atoms. The minimum atomic E-state index is -0.616. The van der Waals surface area contributed by atoms with E-state index in [1.54, 1.807) is 0 Å². The number of aliphatic hydroxyl groups is 2. The molecule has 1 aromatic rings. The van der Waals surface area contributed by atoms with Crippen molar-refractivity contribution >= 4 is 23.8 Å². The van der Waals surface area contributed by atoms with E-state index in [1.165, 1.54) is 0 Å². The van der Waals surface area contributed by atoms with Gasteiger partial charge < -0.3 is 30.3 Å². The third-order valence-corrected chi connectivity index (χ3v) is 7.65. The summed E-state index contributed by atoms with van der Waals surface area (Å²) in [5.41, 5.74) is 1.49. The Kier molecular flexibility index (Phi) is 11.6. The van der Waals surface area contributed by atoms with Crippen LogP contribution < -0.4 is 10.6 Å². The van der Waals surface area contributed by atoms with Gasteiger partial charge in [-0.25, -0.2) is 0 Å².